The van der Waals surface area contributed by atoms with Crippen molar-refractivity contribution in [3.05, 3.63) is 48.0 Å². The van der Waals surface area contributed by atoms with E-state index >= 15 is 0 Å². The normalized spacial score (nSPS) is 16.6. The third kappa shape index (κ3) is 5.15. The summed E-state index contributed by atoms with van der Waals surface area (Å²) in [4.78, 5) is 12.9. The van der Waals surface area contributed by atoms with Crippen molar-refractivity contribution in [3.8, 4) is 23.0 Å². The van der Waals surface area contributed by atoms with Crippen LogP contribution in [-0.2, 0) is 10.0 Å². The molecule has 0 radical (unpaired) electrons. The van der Waals surface area contributed by atoms with Crippen molar-refractivity contribution in [2.24, 2.45) is 0 Å². The quantitative estimate of drug-likeness (QED) is 0.493. The average molecular weight is 501 g/mol. The molecule has 2 aromatic carbocycles. The number of piperidine rings is 1. The van der Waals surface area contributed by atoms with Gasteiger partial charge in [0.1, 0.15) is 11.5 Å². The minimum Gasteiger partial charge on any atom is -0.497 e. The maximum absolute atomic E-state index is 13.1. The summed E-state index contributed by atoms with van der Waals surface area (Å²) >= 11 is 0. The number of ether oxygens (including phenoxy) is 2. The highest BCUT2D eigenvalue weighted by molar-refractivity contribution is 7.89. The van der Waals surface area contributed by atoms with Gasteiger partial charge in [0.05, 0.1) is 24.7 Å². The van der Waals surface area contributed by atoms with Gasteiger partial charge >= 0.3 is 6.01 Å². The Morgan fingerprint density at radius 2 is 1.89 bits per heavy atom. The lowest BCUT2D eigenvalue weighted by atomic mass is 10.0. The van der Waals surface area contributed by atoms with Gasteiger partial charge in [-0.15, -0.1) is 5.10 Å². The summed E-state index contributed by atoms with van der Waals surface area (Å²) in [6.45, 7) is 2.52. The Bertz CT molecular complexity index is 1290. The molecule has 0 saturated carbocycles. The molecule has 1 atom stereocenters. The van der Waals surface area contributed by atoms with Gasteiger partial charge in [-0.1, -0.05) is 18.4 Å². The predicted octanol–water partition coefficient (Wildman–Crippen LogP) is 3.96. The van der Waals surface area contributed by atoms with Crippen LogP contribution in [-0.4, -0.2) is 55.6 Å². The van der Waals surface area contributed by atoms with Crippen molar-refractivity contribution in [1.82, 2.24) is 14.5 Å². The Morgan fingerprint density at radius 3 is 2.57 bits per heavy atom. The van der Waals surface area contributed by atoms with E-state index in [2.05, 4.69) is 15.5 Å². The van der Waals surface area contributed by atoms with Crippen LogP contribution >= 0.6 is 0 Å². The van der Waals surface area contributed by atoms with E-state index in [9.17, 15) is 13.2 Å². The van der Waals surface area contributed by atoms with Gasteiger partial charge in [-0.3, -0.25) is 10.1 Å². The Morgan fingerprint density at radius 1 is 1.11 bits per heavy atom. The maximum Gasteiger partial charge on any atom is 0.322 e. The van der Waals surface area contributed by atoms with Crippen molar-refractivity contribution in [2.75, 3.05) is 26.1 Å². The fraction of sp³-hybridized carbons (Fsp3) is 0.375. The highest BCUT2D eigenvalue weighted by atomic mass is 32.2. The lowest BCUT2D eigenvalue weighted by Gasteiger charge is -2.34. The number of carbonyl (C=O) groups excluding carboxylic acids is 1. The summed E-state index contributed by atoms with van der Waals surface area (Å²) in [5.74, 6) is 0.736. The molecule has 186 valence electrons. The molecule has 1 aliphatic heterocycles. The molecule has 1 saturated heterocycles. The van der Waals surface area contributed by atoms with Crippen LogP contribution in [0.3, 0.4) is 0 Å². The van der Waals surface area contributed by atoms with E-state index in [4.69, 9.17) is 13.9 Å². The average Bonchev–Trinajstić information content (AvgIpc) is 3.36. The van der Waals surface area contributed by atoms with Crippen molar-refractivity contribution in [2.45, 2.75) is 43.5 Å². The monoisotopic (exact) mass is 500 g/mol. The van der Waals surface area contributed by atoms with Gasteiger partial charge in [0.15, 0.2) is 0 Å². The second-order valence-corrected chi connectivity index (χ2v) is 10.0. The van der Waals surface area contributed by atoms with E-state index in [0.717, 1.165) is 25.7 Å². The molecule has 0 aliphatic carbocycles. The van der Waals surface area contributed by atoms with E-state index in [-0.39, 0.29) is 28.4 Å². The van der Waals surface area contributed by atoms with E-state index < -0.39 is 15.9 Å². The van der Waals surface area contributed by atoms with Gasteiger partial charge in [0.2, 0.25) is 10.0 Å². The Kier molecular flexibility index (Phi) is 7.37. The number of benzene rings is 2. The van der Waals surface area contributed by atoms with E-state index in [1.54, 1.807) is 29.6 Å². The zero-order chi connectivity index (χ0) is 25.0. The molecule has 0 bridgehead atoms. The Labute approximate surface area is 204 Å². The smallest absolute Gasteiger partial charge is 0.322 e. The van der Waals surface area contributed by atoms with Crippen LogP contribution in [0.1, 0.15) is 43.0 Å². The molecular weight excluding hydrogens is 472 g/mol. The maximum atomic E-state index is 13.1. The standard InChI is InChI=1S/C24H28N4O6S/c1-4-17-7-5-6-14-28(17)35(30,31)19-11-8-16(9-12-19)22(29)25-24-27-26-23(34-24)20-13-10-18(32-2)15-21(20)33-3/h8-13,15,17H,4-7,14H2,1-3H3,(H,25,27,29)/t17-/m1/s1. The molecule has 35 heavy (non-hydrogen) atoms. The molecule has 1 aromatic heterocycles. The Balaban J connectivity index is 1.48. The number of hydrogen-bond acceptors (Lipinski definition) is 8. The largest absolute Gasteiger partial charge is 0.497 e. The zero-order valence-corrected chi connectivity index (χ0v) is 20.7. The molecule has 1 N–H and O–H groups in total. The number of carbonyl (C=O) groups is 1. The highest BCUT2D eigenvalue weighted by Gasteiger charge is 2.32. The molecule has 4 rings (SSSR count). The van der Waals surface area contributed by atoms with Crippen molar-refractivity contribution in [3.63, 3.8) is 0 Å². The SMILES string of the molecule is CC[C@@H]1CCCCN1S(=O)(=O)c1ccc(C(=O)Nc2nnc(-c3ccc(OC)cc3OC)o2)cc1. The number of hydrogen-bond donors (Lipinski definition) is 1. The first-order valence-corrected chi connectivity index (χ1v) is 12.8. The van der Waals surface area contributed by atoms with Gasteiger partial charge in [0.25, 0.3) is 11.8 Å². The number of anilines is 1. The van der Waals surface area contributed by atoms with Crippen LogP contribution in [0, 0.1) is 0 Å². The summed E-state index contributed by atoms with van der Waals surface area (Å²) < 4.78 is 44.0. The summed E-state index contributed by atoms with van der Waals surface area (Å²) in [7, 11) is -0.567. The number of methoxy groups -OCH3 is 2. The molecule has 1 aliphatic rings. The van der Waals surface area contributed by atoms with Crippen LogP contribution in [0.4, 0.5) is 6.01 Å². The summed E-state index contributed by atoms with van der Waals surface area (Å²) in [6.07, 6.45) is 3.52. The number of sulfonamides is 1. The number of nitrogens with zero attached hydrogens (tertiary/aromatic N) is 3. The van der Waals surface area contributed by atoms with Gasteiger partial charge in [-0.2, -0.15) is 4.31 Å². The minimum atomic E-state index is -3.62. The van der Waals surface area contributed by atoms with Crippen LogP contribution < -0.4 is 14.8 Å². The van der Waals surface area contributed by atoms with E-state index in [1.165, 1.54) is 31.4 Å². The first kappa shape index (κ1) is 24.7. The van der Waals surface area contributed by atoms with Gasteiger partial charge in [-0.05, 0) is 55.7 Å². The third-order valence-corrected chi connectivity index (χ3v) is 8.02. The van der Waals surface area contributed by atoms with Crippen molar-refractivity contribution >= 4 is 21.9 Å². The van der Waals surface area contributed by atoms with Crippen molar-refractivity contribution < 1.29 is 27.1 Å². The van der Waals surface area contributed by atoms with E-state index in [1.807, 2.05) is 6.92 Å². The van der Waals surface area contributed by atoms with Crippen LogP contribution in [0.2, 0.25) is 0 Å². The fourth-order valence-electron chi connectivity index (χ4n) is 4.14. The predicted molar refractivity (Wildman–Crippen MR) is 129 cm³/mol. The number of nitrogens with one attached hydrogen (secondary N) is 1. The molecule has 11 heteroatoms. The first-order valence-electron chi connectivity index (χ1n) is 11.4. The van der Waals surface area contributed by atoms with Gasteiger partial charge in [0, 0.05) is 24.2 Å². The topological polar surface area (TPSA) is 124 Å². The molecule has 3 aromatic rings. The number of rotatable bonds is 8. The number of aromatic nitrogens is 2. The van der Waals surface area contributed by atoms with Gasteiger partial charge < -0.3 is 13.9 Å². The zero-order valence-electron chi connectivity index (χ0n) is 19.9. The second-order valence-electron chi connectivity index (χ2n) is 8.13. The molecule has 10 nitrogen and oxygen atoms in total. The van der Waals surface area contributed by atoms with Crippen molar-refractivity contribution in [1.29, 1.82) is 0 Å². The minimum absolute atomic E-state index is 0.00720. The van der Waals surface area contributed by atoms with Gasteiger partial charge in [-0.25, -0.2) is 8.42 Å². The molecular formula is C24H28N4O6S. The summed E-state index contributed by atoms with van der Waals surface area (Å²) in [6, 6.07) is 10.9. The third-order valence-electron chi connectivity index (χ3n) is 6.05. The molecule has 0 spiro atoms. The first-order chi connectivity index (χ1) is 16.9. The molecule has 0 unspecified atom stereocenters. The summed E-state index contributed by atoms with van der Waals surface area (Å²) in [5, 5.41) is 10.4. The lowest BCUT2D eigenvalue weighted by molar-refractivity contribution is 0.102. The second kappa shape index (κ2) is 10.4. The highest BCUT2D eigenvalue weighted by Crippen LogP contribution is 2.33. The van der Waals surface area contributed by atoms with E-state index in [0.29, 0.717) is 23.6 Å². The molecule has 1 amide bonds. The van der Waals surface area contributed by atoms with Crippen LogP contribution in [0.15, 0.2) is 51.8 Å². The van der Waals surface area contributed by atoms with Crippen LogP contribution in [0.5, 0.6) is 11.5 Å². The number of amides is 1. The Hall–Kier alpha value is -3.44. The van der Waals surface area contributed by atoms with Crippen LogP contribution in [0.25, 0.3) is 11.5 Å². The fourth-order valence-corrected chi connectivity index (χ4v) is 5.91. The molecule has 2 heterocycles. The lowest BCUT2D eigenvalue weighted by Crippen LogP contribution is -2.43. The molecule has 1 fully saturated rings. The summed E-state index contributed by atoms with van der Waals surface area (Å²) in [5.41, 5.74) is 0.801.